The van der Waals surface area contributed by atoms with Gasteiger partial charge in [-0.2, -0.15) is 0 Å². The van der Waals surface area contributed by atoms with E-state index in [-0.39, 0.29) is 16.4 Å². The van der Waals surface area contributed by atoms with E-state index in [1.54, 1.807) is 36.8 Å². The normalized spacial score (nSPS) is 10.6. The number of hydrogen-bond donors (Lipinski definition) is 1. The molecule has 0 saturated carbocycles. The Morgan fingerprint density at radius 1 is 1.19 bits per heavy atom. The molecule has 27 heavy (non-hydrogen) atoms. The topological polar surface area (TPSA) is 60.5 Å². The highest BCUT2D eigenvalue weighted by Gasteiger charge is 2.16. The molecule has 5 nitrogen and oxygen atoms in total. The molecule has 1 N–H and O–H groups in total. The first-order valence-electron chi connectivity index (χ1n) is 8.01. The molecule has 0 aliphatic heterocycles. The molecule has 0 saturated heterocycles. The predicted molar refractivity (Wildman–Crippen MR) is 99.2 cm³/mol. The van der Waals surface area contributed by atoms with E-state index >= 15 is 0 Å². The molecule has 1 amide bonds. The number of anilines is 1. The fourth-order valence-electron chi connectivity index (χ4n) is 2.33. The van der Waals surface area contributed by atoms with E-state index in [0.29, 0.717) is 24.5 Å². The third kappa shape index (κ3) is 4.66. The lowest BCUT2D eigenvalue weighted by Crippen LogP contribution is -2.14. The van der Waals surface area contributed by atoms with Crippen LogP contribution in [0.3, 0.4) is 0 Å². The summed E-state index contributed by atoms with van der Waals surface area (Å²) in [5.74, 6) is -1.15. The van der Waals surface area contributed by atoms with Crippen LogP contribution in [-0.2, 0) is 4.74 Å². The molecule has 0 atom stereocenters. The van der Waals surface area contributed by atoms with Gasteiger partial charge in [0.2, 0.25) is 0 Å². The van der Waals surface area contributed by atoms with Gasteiger partial charge in [-0.25, -0.2) is 13.8 Å². The van der Waals surface area contributed by atoms with E-state index in [1.165, 1.54) is 0 Å². The van der Waals surface area contributed by atoms with Gasteiger partial charge in [-0.15, -0.1) is 11.3 Å². The van der Waals surface area contributed by atoms with Crippen LogP contribution in [0.4, 0.5) is 13.9 Å². The Balaban J connectivity index is 1.76. The van der Waals surface area contributed by atoms with E-state index in [2.05, 4.69) is 10.3 Å². The first-order valence-corrected chi connectivity index (χ1v) is 8.89. The van der Waals surface area contributed by atoms with Crippen molar-refractivity contribution in [3.05, 3.63) is 65.0 Å². The molecule has 3 rings (SSSR count). The minimum Gasteiger partial charge on any atom is -0.490 e. The molecule has 3 aromatic rings. The van der Waals surface area contributed by atoms with Gasteiger partial charge in [-0.1, -0.05) is 12.1 Å². The van der Waals surface area contributed by atoms with Crippen molar-refractivity contribution < 1.29 is 23.0 Å². The van der Waals surface area contributed by atoms with Crippen molar-refractivity contribution >= 4 is 22.4 Å². The standard InChI is InChI=1S/C19H16F2N2O3S/c1-25-8-9-26-17-5-3-2-4-13(17)18(24)23-19-22-16(11-27-19)14-10-12(20)6-7-15(14)21/h2-7,10-11H,8-9H2,1H3,(H,22,23,24). The molecule has 1 aromatic heterocycles. The maximum absolute atomic E-state index is 13.9. The van der Waals surface area contributed by atoms with Crippen LogP contribution in [-0.4, -0.2) is 31.2 Å². The predicted octanol–water partition coefficient (Wildman–Crippen LogP) is 4.37. The van der Waals surface area contributed by atoms with Crippen molar-refractivity contribution in [3.8, 4) is 17.0 Å². The fraction of sp³-hybridized carbons (Fsp3) is 0.158. The number of para-hydroxylation sites is 1. The zero-order valence-corrected chi connectivity index (χ0v) is 15.2. The number of halogens is 2. The minimum absolute atomic E-state index is 0.0371. The van der Waals surface area contributed by atoms with Crippen LogP contribution in [0.2, 0.25) is 0 Å². The molecular weight excluding hydrogens is 374 g/mol. The van der Waals surface area contributed by atoms with Gasteiger partial charge in [-0.05, 0) is 30.3 Å². The van der Waals surface area contributed by atoms with Gasteiger partial charge in [0.1, 0.15) is 24.0 Å². The summed E-state index contributed by atoms with van der Waals surface area (Å²) < 4.78 is 37.7. The molecule has 1 heterocycles. The lowest BCUT2D eigenvalue weighted by molar-refractivity contribution is 0.101. The number of benzene rings is 2. The molecule has 0 bridgehead atoms. The van der Waals surface area contributed by atoms with Gasteiger partial charge in [-0.3, -0.25) is 10.1 Å². The first kappa shape index (κ1) is 18.9. The van der Waals surface area contributed by atoms with Gasteiger partial charge in [0.25, 0.3) is 5.91 Å². The average Bonchev–Trinajstić information content (AvgIpc) is 3.12. The van der Waals surface area contributed by atoms with Gasteiger partial charge < -0.3 is 9.47 Å². The van der Waals surface area contributed by atoms with E-state index in [1.807, 2.05) is 0 Å². The van der Waals surface area contributed by atoms with Crippen LogP contribution >= 0.6 is 11.3 Å². The lowest BCUT2D eigenvalue weighted by atomic mass is 10.1. The highest BCUT2D eigenvalue weighted by Crippen LogP contribution is 2.28. The zero-order chi connectivity index (χ0) is 19.2. The Labute approximate surface area is 158 Å². The number of amides is 1. The largest absolute Gasteiger partial charge is 0.490 e. The Bertz CT molecular complexity index is 946. The van der Waals surface area contributed by atoms with Gasteiger partial charge in [0.05, 0.1) is 17.9 Å². The summed E-state index contributed by atoms with van der Waals surface area (Å²) in [6.07, 6.45) is 0. The number of rotatable bonds is 7. The Kier molecular flexibility index (Phi) is 6.10. The number of nitrogens with zero attached hydrogens (tertiary/aromatic N) is 1. The number of aromatic nitrogens is 1. The highest BCUT2D eigenvalue weighted by molar-refractivity contribution is 7.14. The summed E-state index contributed by atoms with van der Waals surface area (Å²) in [6.45, 7) is 0.700. The molecule has 0 spiro atoms. The Hall–Kier alpha value is -2.84. The number of thiazole rings is 1. The van der Waals surface area contributed by atoms with Crippen molar-refractivity contribution in [2.24, 2.45) is 0 Å². The SMILES string of the molecule is COCCOc1ccccc1C(=O)Nc1nc(-c2cc(F)ccc2F)cs1. The third-order valence-electron chi connectivity index (χ3n) is 3.61. The summed E-state index contributed by atoms with van der Waals surface area (Å²) >= 11 is 1.12. The number of ether oxygens (including phenoxy) is 2. The summed E-state index contributed by atoms with van der Waals surface area (Å²) in [6, 6.07) is 9.91. The zero-order valence-electron chi connectivity index (χ0n) is 14.4. The molecule has 0 aliphatic rings. The fourth-order valence-corrected chi connectivity index (χ4v) is 3.03. The monoisotopic (exact) mass is 390 g/mol. The van der Waals surface area contributed by atoms with E-state index in [9.17, 15) is 13.6 Å². The first-order chi connectivity index (χ1) is 13.1. The van der Waals surface area contributed by atoms with Crippen LogP contribution in [0.1, 0.15) is 10.4 Å². The van der Waals surface area contributed by atoms with E-state index in [4.69, 9.17) is 9.47 Å². The van der Waals surface area contributed by atoms with Crippen LogP contribution in [0.25, 0.3) is 11.3 Å². The van der Waals surface area contributed by atoms with Crippen molar-refractivity contribution in [1.82, 2.24) is 4.98 Å². The van der Waals surface area contributed by atoms with E-state index < -0.39 is 17.5 Å². The average molecular weight is 390 g/mol. The van der Waals surface area contributed by atoms with Crippen molar-refractivity contribution in [1.29, 1.82) is 0 Å². The molecule has 140 valence electrons. The van der Waals surface area contributed by atoms with Crippen molar-refractivity contribution in [3.63, 3.8) is 0 Å². The molecular formula is C19H16F2N2O3S. The molecule has 2 aromatic carbocycles. The molecule has 0 aliphatic carbocycles. The number of methoxy groups -OCH3 is 1. The molecule has 0 radical (unpaired) electrons. The quantitative estimate of drug-likeness (QED) is 0.609. The Morgan fingerprint density at radius 2 is 2.00 bits per heavy atom. The van der Waals surface area contributed by atoms with Gasteiger partial charge in [0.15, 0.2) is 5.13 Å². The van der Waals surface area contributed by atoms with Crippen LogP contribution in [0.5, 0.6) is 5.75 Å². The maximum Gasteiger partial charge on any atom is 0.261 e. The van der Waals surface area contributed by atoms with Gasteiger partial charge >= 0.3 is 0 Å². The van der Waals surface area contributed by atoms with E-state index in [0.717, 1.165) is 29.5 Å². The van der Waals surface area contributed by atoms with Crippen LogP contribution in [0, 0.1) is 11.6 Å². The van der Waals surface area contributed by atoms with Gasteiger partial charge in [0, 0.05) is 18.1 Å². The number of hydrogen-bond acceptors (Lipinski definition) is 5. The van der Waals surface area contributed by atoms with Crippen molar-refractivity contribution in [2.75, 3.05) is 25.6 Å². The maximum atomic E-state index is 13.9. The highest BCUT2D eigenvalue weighted by atomic mass is 32.1. The van der Waals surface area contributed by atoms with Crippen molar-refractivity contribution in [2.45, 2.75) is 0 Å². The molecule has 8 heteroatoms. The molecule has 0 fully saturated rings. The Morgan fingerprint density at radius 3 is 2.81 bits per heavy atom. The number of nitrogens with one attached hydrogen (secondary N) is 1. The van der Waals surface area contributed by atoms with Crippen LogP contribution in [0.15, 0.2) is 47.8 Å². The van der Waals surface area contributed by atoms with Crippen LogP contribution < -0.4 is 10.1 Å². The smallest absolute Gasteiger partial charge is 0.261 e. The second-order valence-electron chi connectivity index (χ2n) is 5.45. The lowest BCUT2D eigenvalue weighted by Gasteiger charge is -2.10. The summed E-state index contributed by atoms with van der Waals surface area (Å²) in [7, 11) is 1.56. The second kappa shape index (κ2) is 8.70. The summed E-state index contributed by atoms with van der Waals surface area (Å²) in [5, 5.41) is 4.47. The number of carbonyl (C=O) groups is 1. The third-order valence-corrected chi connectivity index (χ3v) is 4.36. The number of carbonyl (C=O) groups excluding carboxylic acids is 1. The summed E-state index contributed by atoms with van der Waals surface area (Å²) in [5.41, 5.74) is 0.620. The minimum atomic E-state index is -0.587. The second-order valence-corrected chi connectivity index (χ2v) is 6.31. The summed E-state index contributed by atoms with van der Waals surface area (Å²) in [4.78, 5) is 16.7. The molecule has 0 unspecified atom stereocenters.